The van der Waals surface area contributed by atoms with E-state index in [4.69, 9.17) is 9.84 Å². The Bertz CT molecular complexity index is 658. The molecule has 1 fully saturated rings. The molecular weight excluding hydrogens is 362 g/mol. The fourth-order valence-corrected chi connectivity index (χ4v) is 5.63. The van der Waals surface area contributed by atoms with Crippen LogP contribution in [0.2, 0.25) is 0 Å². The van der Waals surface area contributed by atoms with Crippen molar-refractivity contribution < 1.29 is 24.2 Å². The highest BCUT2D eigenvalue weighted by Crippen LogP contribution is 2.46. The van der Waals surface area contributed by atoms with E-state index in [-0.39, 0.29) is 16.9 Å². The molecule has 25 heavy (non-hydrogen) atoms. The van der Waals surface area contributed by atoms with Crippen molar-refractivity contribution in [1.82, 2.24) is 5.32 Å². The van der Waals surface area contributed by atoms with Gasteiger partial charge in [-0.05, 0) is 16.7 Å². The van der Waals surface area contributed by atoms with Gasteiger partial charge in [-0.1, -0.05) is 18.2 Å². The molecule has 1 aromatic carbocycles. The van der Waals surface area contributed by atoms with Gasteiger partial charge in [0.15, 0.2) is 0 Å². The molecule has 8 heteroatoms. The lowest BCUT2D eigenvalue weighted by molar-refractivity contribution is -0.144. The number of ether oxygens (including phenoxy) is 1. The molecular formula is C17H21NO5S2. The highest BCUT2D eigenvalue weighted by molar-refractivity contribution is 8.19. The van der Waals surface area contributed by atoms with Crippen molar-refractivity contribution in [2.24, 2.45) is 0 Å². The van der Waals surface area contributed by atoms with Crippen LogP contribution < -0.4 is 5.32 Å². The Morgan fingerprint density at radius 1 is 1.32 bits per heavy atom. The number of thioether (sulfide) groups is 2. The van der Waals surface area contributed by atoms with E-state index in [2.05, 4.69) is 5.32 Å². The maximum atomic E-state index is 11.9. The molecule has 0 bridgehead atoms. The van der Waals surface area contributed by atoms with E-state index in [1.807, 2.05) is 12.1 Å². The lowest BCUT2D eigenvalue weighted by atomic mass is 9.98. The first-order chi connectivity index (χ1) is 11.9. The molecule has 1 aliphatic rings. The fourth-order valence-electron chi connectivity index (χ4n) is 2.67. The number of benzene rings is 1. The van der Waals surface area contributed by atoms with Gasteiger partial charge in [-0.25, -0.2) is 4.79 Å². The van der Waals surface area contributed by atoms with Crippen molar-refractivity contribution in [2.45, 2.75) is 30.4 Å². The van der Waals surface area contributed by atoms with Crippen molar-refractivity contribution in [3.8, 4) is 0 Å². The number of carboxylic acids is 1. The number of carbonyl (C=O) groups excluding carboxylic acids is 2. The van der Waals surface area contributed by atoms with Crippen LogP contribution in [0.1, 0.15) is 28.2 Å². The summed E-state index contributed by atoms with van der Waals surface area (Å²) in [6, 6.07) is 4.81. The van der Waals surface area contributed by atoms with Gasteiger partial charge in [0.2, 0.25) is 5.91 Å². The van der Waals surface area contributed by atoms with E-state index in [0.717, 1.165) is 28.2 Å². The number of carbonyl (C=O) groups is 3. The number of hydrogen-bond donors (Lipinski definition) is 2. The van der Waals surface area contributed by atoms with Gasteiger partial charge in [-0.2, -0.15) is 0 Å². The summed E-state index contributed by atoms with van der Waals surface area (Å²) < 4.78 is 4.95. The monoisotopic (exact) mass is 383 g/mol. The minimum atomic E-state index is -0.868. The summed E-state index contributed by atoms with van der Waals surface area (Å²) in [6.45, 7) is 1.35. The normalized spacial score (nSPS) is 15.6. The van der Waals surface area contributed by atoms with E-state index in [9.17, 15) is 14.4 Å². The SMILES string of the molecule is COC(=O)[C@H](Cc1ccc(CC(=O)O)c(C2SCCS2)c1)NC(C)=O. The number of carboxylic acid groups (broad SMARTS) is 1. The minimum absolute atomic E-state index is 0.0284. The Kier molecular flexibility index (Phi) is 7.19. The number of esters is 1. The Morgan fingerprint density at radius 3 is 2.56 bits per heavy atom. The molecule has 1 aromatic rings. The summed E-state index contributed by atoms with van der Waals surface area (Å²) in [4.78, 5) is 34.3. The third-order valence-corrected chi connectivity index (χ3v) is 6.80. The van der Waals surface area contributed by atoms with Crippen molar-refractivity contribution in [3.05, 3.63) is 34.9 Å². The van der Waals surface area contributed by atoms with Crippen LogP contribution in [0.15, 0.2) is 18.2 Å². The number of rotatable bonds is 7. The zero-order chi connectivity index (χ0) is 18.4. The number of methoxy groups -OCH3 is 1. The van der Waals surface area contributed by atoms with Gasteiger partial charge in [0.05, 0.1) is 18.1 Å². The van der Waals surface area contributed by atoms with Gasteiger partial charge < -0.3 is 15.2 Å². The predicted molar refractivity (Wildman–Crippen MR) is 98.8 cm³/mol. The maximum Gasteiger partial charge on any atom is 0.328 e. The number of nitrogens with one attached hydrogen (secondary N) is 1. The molecule has 1 heterocycles. The fraction of sp³-hybridized carbons (Fsp3) is 0.471. The zero-order valence-electron chi connectivity index (χ0n) is 14.1. The summed E-state index contributed by atoms with van der Waals surface area (Å²) in [5.74, 6) is 0.384. The highest BCUT2D eigenvalue weighted by Gasteiger charge is 2.25. The van der Waals surface area contributed by atoms with Crippen molar-refractivity contribution in [2.75, 3.05) is 18.6 Å². The quantitative estimate of drug-likeness (QED) is 0.696. The number of aliphatic carboxylic acids is 1. The van der Waals surface area contributed by atoms with Crippen LogP contribution in [0.4, 0.5) is 0 Å². The summed E-state index contributed by atoms with van der Waals surface area (Å²) in [5, 5.41) is 11.7. The molecule has 2 N–H and O–H groups in total. The van der Waals surface area contributed by atoms with Gasteiger partial charge in [0.1, 0.15) is 6.04 Å². The van der Waals surface area contributed by atoms with Crippen molar-refractivity contribution >= 4 is 41.4 Å². The van der Waals surface area contributed by atoms with E-state index in [1.54, 1.807) is 29.6 Å². The standard InChI is InChI=1S/C17H21NO5S2/c1-10(19)18-14(16(22)23-2)8-11-3-4-12(9-15(20)21)13(7-11)17-24-5-6-25-17/h3-4,7,14,17H,5-6,8-9H2,1-2H3,(H,18,19)(H,20,21)/t14-/m0/s1. The van der Waals surface area contributed by atoms with Crippen LogP contribution in [-0.4, -0.2) is 47.6 Å². The molecule has 0 radical (unpaired) electrons. The summed E-state index contributed by atoms with van der Waals surface area (Å²) in [7, 11) is 1.28. The highest BCUT2D eigenvalue weighted by atomic mass is 32.2. The smallest absolute Gasteiger partial charge is 0.328 e. The van der Waals surface area contributed by atoms with Crippen molar-refractivity contribution in [1.29, 1.82) is 0 Å². The lowest BCUT2D eigenvalue weighted by Gasteiger charge is -2.18. The third-order valence-electron chi connectivity index (χ3n) is 3.73. The molecule has 0 aliphatic carbocycles. The van der Waals surface area contributed by atoms with Gasteiger partial charge in [-0.15, -0.1) is 23.5 Å². The molecule has 0 saturated carbocycles. The van der Waals surface area contributed by atoms with Crippen LogP contribution in [0.5, 0.6) is 0 Å². The van der Waals surface area contributed by atoms with Crippen LogP contribution >= 0.6 is 23.5 Å². The molecule has 1 aliphatic heterocycles. The van der Waals surface area contributed by atoms with Gasteiger partial charge >= 0.3 is 11.9 Å². The molecule has 1 atom stereocenters. The molecule has 0 unspecified atom stereocenters. The summed E-state index contributed by atoms with van der Waals surface area (Å²) in [5.41, 5.74) is 2.64. The topological polar surface area (TPSA) is 92.7 Å². The van der Waals surface area contributed by atoms with Crippen LogP contribution in [0.25, 0.3) is 0 Å². The first-order valence-corrected chi connectivity index (χ1v) is 9.92. The van der Waals surface area contributed by atoms with E-state index >= 15 is 0 Å². The molecule has 0 aromatic heterocycles. The van der Waals surface area contributed by atoms with Gasteiger partial charge in [0, 0.05) is 24.9 Å². The Labute approximate surface area is 155 Å². The van der Waals surface area contributed by atoms with Gasteiger partial charge in [0.25, 0.3) is 0 Å². The summed E-state index contributed by atoms with van der Waals surface area (Å²) >= 11 is 3.59. The summed E-state index contributed by atoms with van der Waals surface area (Å²) in [6.07, 6.45) is 0.272. The first-order valence-electron chi connectivity index (χ1n) is 7.82. The number of amides is 1. The second-order valence-corrected chi connectivity index (χ2v) is 8.38. The first kappa shape index (κ1) is 19.7. The minimum Gasteiger partial charge on any atom is -0.481 e. The zero-order valence-corrected chi connectivity index (χ0v) is 15.7. The second kappa shape index (κ2) is 9.15. The predicted octanol–water partition coefficient (Wildman–Crippen LogP) is 2.01. The average Bonchev–Trinajstić information content (AvgIpc) is 3.08. The Balaban J connectivity index is 2.27. The van der Waals surface area contributed by atoms with E-state index in [1.165, 1.54) is 14.0 Å². The van der Waals surface area contributed by atoms with Crippen LogP contribution in [-0.2, 0) is 32.0 Å². The average molecular weight is 383 g/mol. The van der Waals surface area contributed by atoms with Crippen molar-refractivity contribution in [3.63, 3.8) is 0 Å². The Morgan fingerprint density at radius 2 is 2.00 bits per heavy atom. The lowest BCUT2D eigenvalue weighted by Crippen LogP contribution is -2.42. The molecule has 1 amide bonds. The maximum absolute atomic E-state index is 11.9. The largest absolute Gasteiger partial charge is 0.481 e. The second-order valence-electron chi connectivity index (χ2n) is 5.66. The molecule has 0 spiro atoms. The van der Waals surface area contributed by atoms with Gasteiger partial charge in [-0.3, -0.25) is 9.59 Å². The molecule has 2 rings (SSSR count). The number of hydrogen-bond acceptors (Lipinski definition) is 6. The van der Waals surface area contributed by atoms with E-state index < -0.39 is 18.0 Å². The molecule has 1 saturated heterocycles. The molecule has 136 valence electrons. The van der Waals surface area contributed by atoms with Crippen LogP contribution in [0.3, 0.4) is 0 Å². The van der Waals surface area contributed by atoms with Crippen LogP contribution in [0, 0.1) is 0 Å². The molecule has 6 nitrogen and oxygen atoms in total. The van der Waals surface area contributed by atoms with E-state index in [0.29, 0.717) is 6.42 Å². The Hall–Kier alpha value is -1.67. The third kappa shape index (κ3) is 5.67.